The fourth-order valence-corrected chi connectivity index (χ4v) is 1.62. The van der Waals surface area contributed by atoms with Gasteiger partial charge in [0.05, 0.1) is 13.2 Å². The monoisotopic (exact) mass is 284 g/mol. The third-order valence-electron chi connectivity index (χ3n) is 2.60. The lowest BCUT2D eigenvalue weighted by atomic mass is 10.4. The molecule has 0 saturated carbocycles. The van der Waals surface area contributed by atoms with Gasteiger partial charge in [-0.3, -0.25) is 4.79 Å². The molecule has 0 aromatic carbocycles. The smallest absolute Gasteiger partial charge is 0.360 e. The summed E-state index contributed by atoms with van der Waals surface area (Å²) in [4.78, 5) is 27.4. The molecule has 0 unspecified atom stereocenters. The molecule has 8 heteroatoms. The van der Waals surface area contributed by atoms with Crippen LogP contribution in [0.2, 0.25) is 0 Å². The van der Waals surface area contributed by atoms with Gasteiger partial charge in [0.15, 0.2) is 5.69 Å². The largest absolute Gasteiger partial charge is 0.461 e. The van der Waals surface area contributed by atoms with E-state index in [1.54, 1.807) is 21.0 Å². The number of imidazole rings is 1. The maximum atomic E-state index is 11.7. The number of esters is 1. The van der Waals surface area contributed by atoms with Crippen LogP contribution < -0.4 is 11.1 Å². The summed E-state index contributed by atoms with van der Waals surface area (Å²) in [6.45, 7) is 4.43. The molecule has 0 aliphatic heterocycles. The summed E-state index contributed by atoms with van der Waals surface area (Å²) in [6, 6.07) is 0. The normalized spacial score (nSPS) is 10.3. The Balaban J connectivity index is 2.76. The third-order valence-corrected chi connectivity index (χ3v) is 2.60. The Bertz CT molecular complexity index is 484. The van der Waals surface area contributed by atoms with Crippen LogP contribution in [-0.2, 0) is 20.8 Å². The van der Waals surface area contributed by atoms with Gasteiger partial charge in [0.25, 0.3) is 0 Å². The fourth-order valence-electron chi connectivity index (χ4n) is 1.62. The topological polar surface area (TPSA) is 108 Å². The lowest BCUT2D eigenvalue weighted by Crippen LogP contribution is -2.31. The number of amides is 1. The van der Waals surface area contributed by atoms with Gasteiger partial charge in [-0.25, -0.2) is 9.78 Å². The van der Waals surface area contributed by atoms with Crippen LogP contribution in [0.5, 0.6) is 0 Å². The number of carbonyl (C=O) groups excluding carboxylic acids is 2. The Labute approximate surface area is 117 Å². The minimum atomic E-state index is -0.591. The molecule has 1 rings (SSSR count). The summed E-state index contributed by atoms with van der Waals surface area (Å²) < 4.78 is 11.1. The summed E-state index contributed by atoms with van der Waals surface area (Å²) in [5.41, 5.74) is 5.87. The molecule has 1 heterocycles. The molecular weight excluding hydrogens is 264 g/mol. The Hall–Kier alpha value is -2.09. The number of nitrogens with zero attached hydrogens (tertiary/aromatic N) is 2. The molecule has 0 aliphatic carbocycles. The zero-order valence-electron chi connectivity index (χ0n) is 11.9. The first-order valence-corrected chi connectivity index (χ1v) is 6.26. The quantitative estimate of drug-likeness (QED) is 0.526. The highest BCUT2D eigenvalue weighted by atomic mass is 16.5. The number of hydrogen-bond donors (Lipinski definition) is 2. The highest BCUT2D eigenvalue weighted by Crippen LogP contribution is 2.15. The summed E-state index contributed by atoms with van der Waals surface area (Å²) in [6.07, 6.45) is 0. The van der Waals surface area contributed by atoms with Gasteiger partial charge in [-0.2, -0.15) is 0 Å². The summed E-state index contributed by atoms with van der Waals surface area (Å²) in [5.74, 6) is -0.216. The van der Waals surface area contributed by atoms with Crippen LogP contribution in [0.3, 0.4) is 0 Å². The van der Waals surface area contributed by atoms with Crippen molar-refractivity contribution in [3.8, 4) is 0 Å². The van der Waals surface area contributed by atoms with E-state index in [1.807, 2.05) is 0 Å². The van der Waals surface area contributed by atoms with Crippen LogP contribution in [0.1, 0.15) is 23.2 Å². The van der Waals surface area contributed by atoms with Crippen molar-refractivity contribution in [1.82, 2.24) is 14.9 Å². The van der Waals surface area contributed by atoms with Crippen LogP contribution in [0.25, 0.3) is 0 Å². The van der Waals surface area contributed by atoms with E-state index in [9.17, 15) is 9.59 Å². The summed E-state index contributed by atoms with van der Waals surface area (Å²) in [7, 11) is 1.55. The minimum absolute atomic E-state index is 0.00616. The second kappa shape index (κ2) is 7.49. The second-order valence-corrected chi connectivity index (χ2v) is 4.04. The predicted octanol–water partition coefficient (Wildman–Crippen LogP) is -0.287. The number of nitrogens with one attached hydrogen (secondary N) is 1. The van der Waals surface area contributed by atoms with E-state index in [4.69, 9.17) is 15.2 Å². The van der Waals surface area contributed by atoms with Crippen LogP contribution in [0.4, 0.5) is 5.82 Å². The Kier molecular flexibility index (Phi) is 5.98. The Morgan fingerprint density at radius 3 is 2.75 bits per heavy atom. The molecule has 1 aromatic heterocycles. The van der Waals surface area contributed by atoms with E-state index in [2.05, 4.69) is 10.3 Å². The first-order chi connectivity index (χ1) is 9.51. The molecule has 8 nitrogen and oxygen atoms in total. The molecule has 0 fully saturated rings. The lowest BCUT2D eigenvalue weighted by molar-refractivity contribution is -0.121. The number of aryl methyl sites for hydroxylation is 1. The highest BCUT2D eigenvalue weighted by Gasteiger charge is 2.20. The number of aromatic nitrogens is 2. The Morgan fingerprint density at radius 1 is 1.45 bits per heavy atom. The molecule has 0 radical (unpaired) electrons. The van der Waals surface area contributed by atoms with Gasteiger partial charge in [0.1, 0.15) is 18.2 Å². The van der Waals surface area contributed by atoms with Crippen molar-refractivity contribution in [3.63, 3.8) is 0 Å². The molecule has 20 heavy (non-hydrogen) atoms. The number of hydrogen-bond acceptors (Lipinski definition) is 6. The van der Waals surface area contributed by atoms with Crippen LogP contribution in [0.15, 0.2) is 0 Å². The van der Waals surface area contributed by atoms with Gasteiger partial charge in [0.2, 0.25) is 5.91 Å². The van der Waals surface area contributed by atoms with Crippen molar-refractivity contribution in [2.75, 3.05) is 32.6 Å². The lowest BCUT2D eigenvalue weighted by Gasteiger charge is -2.08. The highest BCUT2D eigenvalue weighted by molar-refractivity contribution is 5.92. The maximum absolute atomic E-state index is 11.7. The van der Waals surface area contributed by atoms with Crippen LogP contribution in [0, 0.1) is 6.92 Å². The zero-order chi connectivity index (χ0) is 15.1. The van der Waals surface area contributed by atoms with Crippen molar-refractivity contribution in [2.24, 2.45) is 0 Å². The Morgan fingerprint density at radius 2 is 2.15 bits per heavy atom. The molecule has 0 aliphatic rings. The maximum Gasteiger partial charge on any atom is 0.360 e. The third kappa shape index (κ3) is 3.95. The molecule has 0 spiro atoms. The van der Waals surface area contributed by atoms with E-state index in [0.29, 0.717) is 19.0 Å². The molecule has 112 valence electrons. The van der Waals surface area contributed by atoms with Gasteiger partial charge in [-0.1, -0.05) is 0 Å². The average molecular weight is 284 g/mol. The molecule has 0 bridgehead atoms. The number of nitrogen functional groups attached to an aromatic ring is 1. The SMILES string of the molecule is CCOC(=O)c1nc(C)n(CC(=O)NCCOC)c1N. The predicted molar refractivity (Wildman–Crippen MR) is 72.2 cm³/mol. The summed E-state index contributed by atoms with van der Waals surface area (Å²) in [5, 5.41) is 2.67. The average Bonchev–Trinajstić information content (AvgIpc) is 2.67. The number of anilines is 1. The van der Waals surface area contributed by atoms with Gasteiger partial charge in [-0.15, -0.1) is 0 Å². The molecule has 0 atom stereocenters. The van der Waals surface area contributed by atoms with E-state index in [-0.39, 0.29) is 30.6 Å². The molecule has 1 aromatic rings. The molecule has 3 N–H and O–H groups in total. The van der Waals surface area contributed by atoms with Crippen LogP contribution >= 0.6 is 0 Å². The standard InChI is InChI=1S/C12H20N4O4/c1-4-20-12(18)10-11(13)16(8(2)15-10)7-9(17)14-5-6-19-3/h4-7,13H2,1-3H3,(H,14,17). The number of rotatable bonds is 7. The first-order valence-electron chi connectivity index (χ1n) is 6.26. The van der Waals surface area contributed by atoms with Crippen molar-refractivity contribution < 1.29 is 19.1 Å². The van der Waals surface area contributed by atoms with Gasteiger partial charge < -0.3 is 25.1 Å². The fraction of sp³-hybridized carbons (Fsp3) is 0.583. The molecular formula is C12H20N4O4. The number of carbonyl (C=O) groups is 2. The summed E-state index contributed by atoms with van der Waals surface area (Å²) >= 11 is 0. The van der Waals surface area contributed by atoms with Crippen molar-refractivity contribution in [3.05, 3.63) is 11.5 Å². The van der Waals surface area contributed by atoms with E-state index >= 15 is 0 Å². The first kappa shape index (κ1) is 16.0. The van der Waals surface area contributed by atoms with Crippen molar-refractivity contribution in [1.29, 1.82) is 0 Å². The van der Waals surface area contributed by atoms with Crippen molar-refractivity contribution in [2.45, 2.75) is 20.4 Å². The zero-order valence-corrected chi connectivity index (χ0v) is 11.9. The minimum Gasteiger partial charge on any atom is -0.461 e. The van der Waals surface area contributed by atoms with Crippen LogP contribution in [-0.4, -0.2) is 48.3 Å². The van der Waals surface area contributed by atoms with E-state index in [0.717, 1.165) is 0 Å². The number of nitrogens with two attached hydrogens (primary N) is 1. The van der Waals surface area contributed by atoms with Gasteiger partial charge in [0, 0.05) is 13.7 Å². The molecule has 0 saturated heterocycles. The van der Waals surface area contributed by atoms with E-state index in [1.165, 1.54) is 4.57 Å². The second-order valence-electron chi connectivity index (χ2n) is 4.04. The number of methoxy groups -OCH3 is 1. The van der Waals surface area contributed by atoms with E-state index < -0.39 is 5.97 Å². The van der Waals surface area contributed by atoms with Gasteiger partial charge in [-0.05, 0) is 13.8 Å². The molecule has 1 amide bonds. The van der Waals surface area contributed by atoms with Crippen molar-refractivity contribution >= 4 is 17.7 Å². The van der Waals surface area contributed by atoms with Gasteiger partial charge >= 0.3 is 5.97 Å². The number of ether oxygens (including phenoxy) is 2.